The first-order valence-electron chi connectivity index (χ1n) is 11.1. The van der Waals surface area contributed by atoms with Crippen molar-refractivity contribution in [2.45, 2.75) is 71.4 Å². The Hall–Kier alpha value is -1.81. The number of carbonyl (C=O) groups is 1. The zero-order valence-electron chi connectivity index (χ0n) is 17.5. The van der Waals surface area contributed by atoms with Crippen LogP contribution < -0.4 is 4.74 Å². The van der Waals surface area contributed by atoms with Crippen LogP contribution in [0, 0.1) is 11.8 Å². The Kier molecular flexibility index (Phi) is 6.29. The largest absolute Gasteiger partial charge is 0.494 e. The molecule has 0 spiro atoms. The highest BCUT2D eigenvalue weighted by Gasteiger charge is 2.34. The number of halogens is 1. The molecule has 0 bridgehead atoms. The summed E-state index contributed by atoms with van der Waals surface area (Å²) in [7, 11) is 0. The first-order chi connectivity index (χ1) is 14.0. The number of benzene rings is 1. The highest BCUT2D eigenvalue weighted by Crippen LogP contribution is 2.35. The number of nitrogens with zero attached hydrogens (tertiary/aromatic N) is 2. The van der Waals surface area contributed by atoms with E-state index >= 15 is 0 Å². The van der Waals surface area contributed by atoms with E-state index in [2.05, 4.69) is 22.9 Å². The molecule has 2 aromatic rings. The maximum absolute atomic E-state index is 13.3. The second kappa shape index (κ2) is 8.91. The van der Waals surface area contributed by atoms with Crippen molar-refractivity contribution < 1.29 is 9.53 Å². The average Bonchev–Trinajstić information content (AvgIpc) is 2.66. The minimum Gasteiger partial charge on any atom is -0.494 e. The fraction of sp³-hybridized carbons (Fsp3) is 0.583. The van der Waals surface area contributed by atoms with Gasteiger partial charge in [-0.3, -0.25) is 4.79 Å². The van der Waals surface area contributed by atoms with E-state index in [4.69, 9.17) is 16.3 Å². The monoisotopic (exact) mass is 414 g/mol. The van der Waals surface area contributed by atoms with Crippen LogP contribution in [0.1, 0.15) is 64.4 Å². The third-order valence-electron chi connectivity index (χ3n) is 6.63. The first kappa shape index (κ1) is 20.5. The molecule has 2 fully saturated rings. The molecule has 1 amide bonds. The van der Waals surface area contributed by atoms with Gasteiger partial charge in [-0.1, -0.05) is 24.9 Å². The SMILES string of the molecule is CCOc1ccc2nc(Cl)c(CN(C(=O)C3CCC3)C3CCC(C)CC3)cc2c1. The molecule has 1 aromatic heterocycles. The number of hydrogen-bond donors (Lipinski definition) is 0. The zero-order valence-corrected chi connectivity index (χ0v) is 18.3. The normalized spacial score (nSPS) is 22.3. The van der Waals surface area contributed by atoms with Crippen LogP contribution >= 0.6 is 11.6 Å². The summed E-state index contributed by atoms with van der Waals surface area (Å²) >= 11 is 6.56. The number of hydrogen-bond acceptors (Lipinski definition) is 3. The minimum absolute atomic E-state index is 0.200. The second-order valence-electron chi connectivity index (χ2n) is 8.73. The van der Waals surface area contributed by atoms with Gasteiger partial charge >= 0.3 is 0 Å². The van der Waals surface area contributed by atoms with Gasteiger partial charge in [-0.05, 0) is 75.6 Å². The molecule has 4 rings (SSSR count). The minimum atomic E-state index is 0.200. The van der Waals surface area contributed by atoms with E-state index in [1.165, 1.54) is 19.3 Å². The summed E-state index contributed by atoms with van der Waals surface area (Å²) in [5.74, 6) is 2.11. The summed E-state index contributed by atoms with van der Waals surface area (Å²) in [5, 5.41) is 1.50. The van der Waals surface area contributed by atoms with Crippen molar-refractivity contribution in [3.8, 4) is 5.75 Å². The molecule has 156 valence electrons. The molecule has 1 aromatic carbocycles. The van der Waals surface area contributed by atoms with Gasteiger partial charge in [0.15, 0.2) is 0 Å². The van der Waals surface area contributed by atoms with Crippen molar-refractivity contribution >= 4 is 28.4 Å². The molecule has 1 heterocycles. The Balaban J connectivity index is 1.62. The maximum atomic E-state index is 13.3. The van der Waals surface area contributed by atoms with E-state index in [1.54, 1.807) is 0 Å². The van der Waals surface area contributed by atoms with Gasteiger partial charge in [0.25, 0.3) is 0 Å². The first-order valence-corrected chi connectivity index (χ1v) is 11.5. The molecule has 0 saturated heterocycles. The average molecular weight is 415 g/mol. The summed E-state index contributed by atoms with van der Waals surface area (Å²) in [4.78, 5) is 20.0. The summed E-state index contributed by atoms with van der Waals surface area (Å²) < 4.78 is 5.64. The summed E-state index contributed by atoms with van der Waals surface area (Å²) in [6.07, 6.45) is 7.80. The molecule has 2 aliphatic rings. The highest BCUT2D eigenvalue weighted by atomic mass is 35.5. The summed E-state index contributed by atoms with van der Waals surface area (Å²) in [6, 6.07) is 8.27. The van der Waals surface area contributed by atoms with Crippen molar-refractivity contribution in [2.75, 3.05) is 6.61 Å². The van der Waals surface area contributed by atoms with E-state index in [-0.39, 0.29) is 5.92 Å². The van der Waals surface area contributed by atoms with Gasteiger partial charge in [-0.15, -0.1) is 0 Å². The highest BCUT2D eigenvalue weighted by molar-refractivity contribution is 6.30. The van der Waals surface area contributed by atoms with Crippen LogP contribution in [0.25, 0.3) is 10.9 Å². The molecule has 0 aliphatic heterocycles. The molecule has 0 atom stereocenters. The van der Waals surface area contributed by atoms with Crippen molar-refractivity contribution in [3.63, 3.8) is 0 Å². The second-order valence-corrected chi connectivity index (χ2v) is 9.09. The molecule has 29 heavy (non-hydrogen) atoms. The molecule has 0 radical (unpaired) electrons. The number of carbonyl (C=O) groups excluding carboxylic acids is 1. The molecular formula is C24H31ClN2O2. The molecule has 2 aliphatic carbocycles. The van der Waals surface area contributed by atoms with Gasteiger partial charge in [0.1, 0.15) is 10.9 Å². The van der Waals surface area contributed by atoms with Crippen LogP contribution in [-0.2, 0) is 11.3 Å². The Labute approximate surface area is 178 Å². The third-order valence-corrected chi connectivity index (χ3v) is 6.95. The Morgan fingerprint density at radius 1 is 1.17 bits per heavy atom. The van der Waals surface area contributed by atoms with Gasteiger partial charge in [0.05, 0.1) is 12.1 Å². The standard InChI is InChI=1S/C24H31ClN2O2/c1-3-29-21-11-12-22-18(14-21)13-19(23(25)26-22)15-27(24(28)17-5-4-6-17)20-9-7-16(2)8-10-20/h11-14,16-17,20H,3-10,15H2,1-2H3. The number of fused-ring (bicyclic) bond motifs is 1. The number of aromatic nitrogens is 1. The van der Waals surface area contributed by atoms with Crippen molar-refractivity contribution in [1.82, 2.24) is 9.88 Å². The van der Waals surface area contributed by atoms with Gasteiger partial charge < -0.3 is 9.64 Å². The van der Waals surface area contributed by atoms with Crippen LogP contribution in [0.3, 0.4) is 0 Å². The number of ether oxygens (including phenoxy) is 1. The van der Waals surface area contributed by atoms with Crippen LogP contribution in [0.2, 0.25) is 5.15 Å². The lowest BCUT2D eigenvalue weighted by atomic mass is 9.82. The molecule has 0 unspecified atom stereocenters. The fourth-order valence-electron chi connectivity index (χ4n) is 4.56. The third kappa shape index (κ3) is 4.53. The fourth-order valence-corrected chi connectivity index (χ4v) is 4.76. The number of rotatable bonds is 6. The molecule has 5 heteroatoms. The van der Waals surface area contributed by atoms with Crippen LogP contribution in [0.15, 0.2) is 24.3 Å². The molecule has 4 nitrogen and oxygen atoms in total. The Morgan fingerprint density at radius 3 is 2.59 bits per heavy atom. The molecular weight excluding hydrogens is 384 g/mol. The van der Waals surface area contributed by atoms with Crippen molar-refractivity contribution in [3.05, 3.63) is 35.0 Å². The van der Waals surface area contributed by atoms with Crippen molar-refractivity contribution in [1.29, 1.82) is 0 Å². The van der Waals surface area contributed by atoms with Crippen LogP contribution in [-0.4, -0.2) is 28.4 Å². The number of amides is 1. The van der Waals surface area contributed by atoms with Gasteiger partial charge in [-0.2, -0.15) is 0 Å². The summed E-state index contributed by atoms with van der Waals surface area (Å²) in [5.41, 5.74) is 1.78. The van der Waals surface area contributed by atoms with Crippen molar-refractivity contribution in [2.24, 2.45) is 11.8 Å². The zero-order chi connectivity index (χ0) is 20.4. The van der Waals surface area contributed by atoms with E-state index in [9.17, 15) is 4.79 Å². The number of pyridine rings is 1. The van der Waals surface area contributed by atoms with Gasteiger partial charge in [-0.25, -0.2) is 4.98 Å². The lowest BCUT2D eigenvalue weighted by Gasteiger charge is -2.40. The van der Waals surface area contributed by atoms with Gasteiger partial charge in [0, 0.05) is 29.5 Å². The topological polar surface area (TPSA) is 42.4 Å². The predicted octanol–water partition coefficient (Wildman–Crippen LogP) is 5.99. The van der Waals surface area contributed by atoms with Crippen LogP contribution in [0.4, 0.5) is 0 Å². The van der Waals surface area contributed by atoms with Crippen LogP contribution in [0.5, 0.6) is 5.75 Å². The van der Waals surface area contributed by atoms with Gasteiger partial charge in [0.2, 0.25) is 5.91 Å². The van der Waals surface area contributed by atoms with E-state index in [0.29, 0.717) is 30.3 Å². The Bertz CT molecular complexity index is 873. The van der Waals surface area contributed by atoms with E-state index in [0.717, 1.165) is 53.8 Å². The Morgan fingerprint density at radius 2 is 1.93 bits per heavy atom. The molecule has 0 N–H and O–H groups in total. The molecule has 2 saturated carbocycles. The lowest BCUT2D eigenvalue weighted by molar-refractivity contribution is -0.142. The smallest absolute Gasteiger partial charge is 0.226 e. The lowest BCUT2D eigenvalue weighted by Crippen LogP contribution is -2.46. The van der Waals surface area contributed by atoms with E-state index < -0.39 is 0 Å². The summed E-state index contributed by atoms with van der Waals surface area (Å²) in [6.45, 7) is 5.47. The van der Waals surface area contributed by atoms with E-state index in [1.807, 2.05) is 25.1 Å². The predicted molar refractivity (Wildman–Crippen MR) is 117 cm³/mol. The quantitative estimate of drug-likeness (QED) is 0.545. The maximum Gasteiger partial charge on any atom is 0.226 e.